The predicted octanol–water partition coefficient (Wildman–Crippen LogP) is 4.56. The van der Waals surface area contributed by atoms with Gasteiger partial charge in [-0.3, -0.25) is 9.69 Å². The van der Waals surface area contributed by atoms with Crippen molar-refractivity contribution in [1.29, 1.82) is 0 Å². The van der Waals surface area contributed by atoms with Gasteiger partial charge in [0.1, 0.15) is 0 Å². The second-order valence-electron chi connectivity index (χ2n) is 6.62. The van der Waals surface area contributed by atoms with Gasteiger partial charge in [-0.2, -0.15) is 0 Å². The largest absolute Gasteiger partial charge is 0.294 e. The highest BCUT2D eigenvalue weighted by Crippen LogP contribution is 2.18. The van der Waals surface area contributed by atoms with Crippen LogP contribution in [0, 0.1) is 0 Å². The number of Topliss-reactive ketones (excluding diaryl/α,β-unsaturated/α-hetero) is 1. The third-order valence-corrected chi connectivity index (χ3v) is 3.87. The van der Waals surface area contributed by atoms with Crippen molar-refractivity contribution in [3.63, 3.8) is 0 Å². The van der Waals surface area contributed by atoms with Gasteiger partial charge in [0.25, 0.3) is 0 Å². The molecule has 0 fully saturated rings. The highest BCUT2D eigenvalue weighted by atomic mass is 16.1. The molecule has 116 valence electrons. The van der Waals surface area contributed by atoms with E-state index >= 15 is 0 Å². The number of nitrogens with zero attached hydrogens (tertiary/aromatic N) is 1. The molecule has 2 rings (SSSR count). The van der Waals surface area contributed by atoms with E-state index in [-0.39, 0.29) is 11.3 Å². The molecular formula is C20H25NO. The molecule has 0 unspecified atom stereocenters. The summed E-state index contributed by atoms with van der Waals surface area (Å²) in [5, 5.41) is 0. The first-order valence-corrected chi connectivity index (χ1v) is 7.84. The zero-order valence-electron chi connectivity index (χ0n) is 13.8. The summed E-state index contributed by atoms with van der Waals surface area (Å²) in [5.74, 6) is 0.211. The number of carbonyl (C=O) groups excluding carboxylic acids is 1. The number of ketones is 1. The van der Waals surface area contributed by atoms with Crippen LogP contribution in [0.15, 0.2) is 60.7 Å². The molecule has 22 heavy (non-hydrogen) atoms. The summed E-state index contributed by atoms with van der Waals surface area (Å²) in [5.41, 5.74) is 2.12. The quantitative estimate of drug-likeness (QED) is 0.728. The van der Waals surface area contributed by atoms with Crippen molar-refractivity contribution in [3.8, 4) is 0 Å². The second kappa shape index (κ2) is 7.37. The molecule has 2 aromatic rings. The van der Waals surface area contributed by atoms with Gasteiger partial charge < -0.3 is 0 Å². The summed E-state index contributed by atoms with van der Waals surface area (Å²) in [4.78, 5) is 14.7. The highest BCUT2D eigenvalue weighted by molar-refractivity contribution is 5.96. The van der Waals surface area contributed by atoms with Crippen LogP contribution in [0.4, 0.5) is 0 Å². The Labute approximate surface area is 133 Å². The number of hydrogen-bond acceptors (Lipinski definition) is 2. The Balaban J connectivity index is 2.00. The smallest absolute Gasteiger partial charge is 0.164 e. The van der Waals surface area contributed by atoms with Crippen molar-refractivity contribution < 1.29 is 4.79 Å². The van der Waals surface area contributed by atoms with Crippen LogP contribution in [0.25, 0.3) is 0 Å². The first-order chi connectivity index (χ1) is 10.5. The van der Waals surface area contributed by atoms with Crippen LogP contribution in [0.3, 0.4) is 0 Å². The molecule has 0 aliphatic carbocycles. The first-order valence-electron chi connectivity index (χ1n) is 7.84. The first kappa shape index (κ1) is 16.4. The van der Waals surface area contributed by atoms with E-state index in [4.69, 9.17) is 0 Å². The van der Waals surface area contributed by atoms with E-state index in [1.54, 1.807) is 0 Å². The fraction of sp³-hybridized carbons (Fsp3) is 0.350. The molecule has 0 aliphatic rings. The fourth-order valence-electron chi connectivity index (χ4n) is 2.46. The highest BCUT2D eigenvalue weighted by Gasteiger charge is 2.22. The normalized spacial score (nSPS) is 11.6. The van der Waals surface area contributed by atoms with Gasteiger partial charge in [0.2, 0.25) is 0 Å². The third kappa shape index (κ3) is 4.81. The maximum absolute atomic E-state index is 12.3. The third-order valence-electron chi connectivity index (χ3n) is 3.87. The lowest BCUT2D eigenvalue weighted by Crippen LogP contribution is -2.42. The van der Waals surface area contributed by atoms with Crippen LogP contribution < -0.4 is 0 Å². The lowest BCUT2D eigenvalue weighted by molar-refractivity contribution is 0.0896. The molecule has 0 saturated carbocycles. The Kier molecular flexibility index (Phi) is 5.51. The zero-order chi connectivity index (χ0) is 16.0. The van der Waals surface area contributed by atoms with E-state index < -0.39 is 0 Å². The summed E-state index contributed by atoms with van der Waals surface area (Å²) < 4.78 is 0. The van der Waals surface area contributed by atoms with Crippen molar-refractivity contribution in [1.82, 2.24) is 4.90 Å². The molecule has 0 amide bonds. The molecule has 0 aliphatic heterocycles. The average molecular weight is 295 g/mol. The Morgan fingerprint density at radius 1 is 0.909 bits per heavy atom. The van der Waals surface area contributed by atoms with Crippen molar-refractivity contribution in [2.24, 2.45) is 0 Å². The number of hydrogen-bond donors (Lipinski definition) is 0. The van der Waals surface area contributed by atoms with Crippen molar-refractivity contribution in [2.75, 3.05) is 6.54 Å². The SMILES string of the molecule is CC(C)(C)N(CCC(=O)c1ccccc1)Cc1ccccc1. The molecule has 0 atom stereocenters. The molecule has 2 heteroatoms. The molecular weight excluding hydrogens is 270 g/mol. The summed E-state index contributed by atoms with van der Waals surface area (Å²) in [6, 6.07) is 20.0. The maximum Gasteiger partial charge on any atom is 0.164 e. The van der Waals surface area contributed by atoms with Gasteiger partial charge in [-0.15, -0.1) is 0 Å². The van der Waals surface area contributed by atoms with Gasteiger partial charge in [-0.25, -0.2) is 0 Å². The summed E-state index contributed by atoms with van der Waals surface area (Å²) in [7, 11) is 0. The Hall–Kier alpha value is -1.93. The van der Waals surface area contributed by atoms with Gasteiger partial charge in [0.15, 0.2) is 5.78 Å². The second-order valence-corrected chi connectivity index (χ2v) is 6.62. The summed E-state index contributed by atoms with van der Waals surface area (Å²) in [6.45, 7) is 8.23. The van der Waals surface area contributed by atoms with E-state index in [0.717, 1.165) is 18.7 Å². The van der Waals surface area contributed by atoms with E-state index in [1.807, 2.05) is 36.4 Å². The average Bonchev–Trinajstić information content (AvgIpc) is 2.52. The number of benzene rings is 2. The monoisotopic (exact) mass is 295 g/mol. The van der Waals surface area contributed by atoms with E-state index in [9.17, 15) is 4.79 Å². The van der Waals surface area contributed by atoms with Crippen LogP contribution in [-0.2, 0) is 6.54 Å². The van der Waals surface area contributed by atoms with Crippen molar-refractivity contribution >= 4 is 5.78 Å². The Morgan fingerprint density at radius 2 is 1.45 bits per heavy atom. The minimum Gasteiger partial charge on any atom is -0.294 e. The Morgan fingerprint density at radius 3 is 2.00 bits per heavy atom. The minimum atomic E-state index is 0.0345. The van der Waals surface area contributed by atoms with Gasteiger partial charge in [0.05, 0.1) is 0 Å². The number of carbonyl (C=O) groups is 1. The van der Waals surface area contributed by atoms with Gasteiger partial charge >= 0.3 is 0 Å². The molecule has 0 aromatic heterocycles. The van der Waals surface area contributed by atoms with Gasteiger partial charge in [0, 0.05) is 30.6 Å². The number of rotatable bonds is 6. The zero-order valence-corrected chi connectivity index (χ0v) is 13.8. The van der Waals surface area contributed by atoms with Gasteiger partial charge in [-0.1, -0.05) is 60.7 Å². The molecule has 0 spiro atoms. The molecule has 0 radical (unpaired) electrons. The van der Waals surface area contributed by atoms with E-state index in [2.05, 4.69) is 49.9 Å². The lowest BCUT2D eigenvalue weighted by atomic mass is 10.0. The molecule has 0 saturated heterocycles. The molecule has 0 N–H and O–H groups in total. The van der Waals surface area contributed by atoms with Crippen molar-refractivity contribution in [3.05, 3.63) is 71.8 Å². The van der Waals surface area contributed by atoms with Crippen LogP contribution >= 0.6 is 0 Å². The molecule has 2 aromatic carbocycles. The predicted molar refractivity (Wildman–Crippen MR) is 92.0 cm³/mol. The fourth-order valence-corrected chi connectivity index (χ4v) is 2.46. The summed E-state index contributed by atoms with van der Waals surface area (Å²) >= 11 is 0. The topological polar surface area (TPSA) is 20.3 Å². The molecule has 2 nitrogen and oxygen atoms in total. The van der Waals surface area contributed by atoms with Crippen molar-refractivity contribution in [2.45, 2.75) is 39.3 Å². The van der Waals surface area contributed by atoms with Crippen LogP contribution in [0.1, 0.15) is 43.1 Å². The standard InChI is InChI=1S/C20H25NO/c1-20(2,3)21(16-17-10-6-4-7-11-17)15-14-19(22)18-12-8-5-9-13-18/h4-13H,14-16H2,1-3H3. The van der Waals surface area contributed by atoms with Crippen LogP contribution in [0.5, 0.6) is 0 Å². The lowest BCUT2D eigenvalue weighted by Gasteiger charge is -2.35. The Bertz CT molecular complexity index is 584. The molecule has 0 heterocycles. The van der Waals surface area contributed by atoms with Crippen LogP contribution in [-0.4, -0.2) is 22.8 Å². The maximum atomic E-state index is 12.3. The van der Waals surface area contributed by atoms with E-state index in [0.29, 0.717) is 6.42 Å². The van der Waals surface area contributed by atoms with Crippen LogP contribution in [0.2, 0.25) is 0 Å². The molecule has 0 bridgehead atoms. The summed E-state index contributed by atoms with van der Waals surface area (Å²) in [6.07, 6.45) is 0.550. The van der Waals surface area contributed by atoms with Gasteiger partial charge in [-0.05, 0) is 26.3 Å². The minimum absolute atomic E-state index is 0.0345. The van der Waals surface area contributed by atoms with E-state index in [1.165, 1.54) is 5.56 Å².